The van der Waals surface area contributed by atoms with Gasteiger partial charge in [0.25, 0.3) is 0 Å². The van der Waals surface area contributed by atoms with Crippen molar-refractivity contribution in [2.45, 2.75) is 25.5 Å². The monoisotopic (exact) mass is 471 g/mol. The molecule has 1 unspecified atom stereocenters. The van der Waals surface area contributed by atoms with E-state index < -0.39 is 5.72 Å². The second kappa shape index (κ2) is 10.6. The SMILES string of the molecule is COc1cc(/C=C2/C=N/OC(CO)(c3ccc(C#N)cc3)N(C)CCC2)ccc1-n1cnc(C)c1. The van der Waals surface area contributed by atoms with Gasteiger partial charge in [-0.1, -0.05) is 23.4 Å². The van der Waals surface area contributed by atoms with Crippen LogP contribution in [0.4, 0.5) is 0 Å². The lowest BCUT2D eigenvalue weighted by Crippen LogP contribution is -2.48. The molecule has 0 spiro atoms. The fourth-order valence-corrected chi connectivity index (χ4v) is 4.21. The number of methoxy groups -OCH3 is 1. The Labute approximate surface area is 205 Å². The number of aliphatic hydroxyl groups is 1. The average Bonchev–Trinajstić information content (AvgIpc) is 3.34. The topological polar surface area (TPSA) is 95.9 Å². The molecule has 0 fully saturated rings. The van der Waals surface area contributed by atoms with Crippen molar-refractivity contribution in [2.24, 2.45) is 5.16 Å². The lowest BCUT2D eigenvalue weighted by Gasteiger charge is -2.37. The van der Waals surface area contributed by atoms with Crippen LogP contribution in [0, 0.1) is 18.3 Å². The number of aliphatic hydroxyl groups excluding tert-OH is 1. The molecule has 8 nitrogen and oxygen atoms in total. The first-order valence-corrected chi connectivity index (χ1v) is 11.4. The second-order valence-electron chi connectivity index (χ2n) is 8.56. The highest BCUT2D eigenvalue weighted by atomic mass is 16.7. The third-order valence-corrected chi connectivity index (χ3v) is 6.22. The number of imidazole rings is 1. The van der Waals surface area contributed by atoms with E-state index in [1.165, 1.54) is 0 Å². The molecule has 0 aliphatic carbocycles. The molecule has 1 N–H and O–H groups in total. The molecule has 1 aromatic heterocycles. The summed E-state index contributed by atoms with van der Waals surface area (Å²) in [5.74, 6) is 0.743. The maximum absolute atomic E-state index is 10.3. The van der Waals surface area contributed by atoms with Gasteiger partial charge in [0.1, 0.15) is 12.4 Å². The summed E-state index contributed by atoms with van der Waals surface area (Å²) in [6.07, 6.45) is 9.12. The molecule has 2 aromatic carbocycles. The summed E-state index contributed by atoms with van der Waals surface area (Å²) in [6.45, 7) is 2.35. The minimum atomic E-state index is -1.13. The first-order chi connectivity index (χ1) is 17.0. The van der Waals surface area contributed by atoms with Crippen molar-refractivity contribution in [1.82, 2.24) is 14.5 Å². The number of aryl methyl sites for hydroxylation is 1. The van der Waals surface area contributed by atoms with E-state index >= 15 is 0 Å². The number of likely N-dealkylation sites (N-methyl/N-ethyl adjacent to an activating group) is 1. The predicted molar refractivity (Wildman–Crippen MR) is 134 cm³/mol. The van der Waals surface area contributed by atoms with Crippen LogP contribution >= 0.6 is 0 Å². The van der Waals surface area contributed by atoms with Gasteiger partial charge >= 0.3 is 0 Å². The first-order valence-electron chi connectivity index (χ1n) is 11.4. The summed E-state index contributed by atoms with van der Waals surface area (Å²) in [7, 11) is 3.56. The Morgan fingerprint density at radius 1 is 1.26 bits per heavy atom. The molecule has 35 heavy (non-hydrogen) atoms. The Balaban J connectivity index is 1.61. The second-order valence-corrected chi connectivity index (χ2v) is 8.56. The summed E-state index contributed by atoms with van der Waals surface area (Å²) in [4.78, 5) is 12.2. The molecule has 180 valence electrons. The molecule has 0 amide bonds. The largest absolute Gasteiger partial charge is 0.495 e. The summed E-state index contributed by atoms with van der Waals surface area (Å²) in [5.41, 5.74) is 3.99. The molecule has 4 rings (SSSR count). The smallest absolute Gasteiger partial charge is 0.239 e. The van der Waals surface area contributed by atoms with Crippen LogP contribution < -0.4 is 4.74 Å². The van der Waals surface area contributed by atoms with E-state index in [-0.39, 0.29) is 6.61 Å². The average molecular weight is 472 g/mol. The number of ether oxygens (including phenoxy) is 1. The van der Waals surface area contributed by atoms with Crippen LogP contribution in [0.5, 0.6) is 5.75 Å². The lowest BCUT2D eigenvalue weighted by molar-refractivity contribution is -0.179. The van der Waals surface area contributed by atoms with Gasteiger partial charge in [-0.05, 0) is 68.3 Å². The van der Waals surface area contributed by atoms with Gasteiger partial charge in [-0.25, -0.2) is 4.98 Å². The fourth-order valence-electron chi connectivity index (χ4n) is 4.21. The standard InChI is InChI=1S/C27H29N5O3/c1-20-17-32(19-29-20)25-11-8-22(14-26(25)34-3)13-23-5-4-12-31(2)27(18-33,35-30-16-23)24-9-6-21(15-28)7-10-24/h6-11,13-14,16-17,19,33H,4-5,12,18H2,1-3H3/b23-13+,30-16+. The van der Waals surface area contributed by atoms with Crippen molar-refractivity contribution in [3.8, 4) is 17.5 Å². The van der Waals surface area contributed by atoms with E-state index in [4.69, 9.17) is 14.8 Å². The highest BCUT2D eigenvalue weighted by molar-refractivity contribution is 5.85. The van der Waals surface area contributed by atoms with Gasteiger partial charge < -0.3 is 19.2 Å². The third-order valence-electron chi connectivity index (χ3n) is 6.22. The maximum atomic E-state index is 10.3. The van der Waals surface area contributed by atoms with Gasteiger partial charge in [-0.15, -0.1) is 0 Å². The molecular weight excluding hydrogens is 442 g/mol. The molecule has 2 heterocycles. The number of oxime groups is 1. The van der Waals surface area contributed by atoms with Gasteiger partial charge in [0, 0.05) is 18.3 Å². The Hall–Kier alpha value is -3.93. The van der Waals surface area contributed by atoms with Gasteiger partial charge in [-0.2, -0.15) is 5.26 Å². The number of nitriles is 1. The molecule has 1 aliphatic rings. The van der Waals surface area contributed by atoms with E-state index in [0.717, 1.165) is 46.7 Å². The van der Waals surface area contributed by atoms with Gasteiger partial charge in [0.15, 0.2) is 0 Å². The summed E-state index contributed by atoms with van der Waals surface area (Å²) < 4.78 is 7.57. The van der Waals surface area contributed by atoms with E-state index in [9.17, 15) is 5.11 Å². The Morgan fingerprint density at radius 3 is 2.71 bits per heavy atom. The number of allylic oxidation sites excluding steroid dienone is 1. The zero-order valence-electron chi connectivity index (χ0n) is 20.2. The van der Waals surface area contributed by atoms with Gasteiger partial charge in [0.05, 0.1) is 42.7 Å². The first kappa shape index (κ1) is 24.2. The molecule has 1 atom stereocenters. The van der Waals surface area contributed by atoms with Crippen molar-refractivity contribution < 1.29 is 14.7 Å². The predicted octanol–water partition coefficient (Wildman–Crippen LogP) is 4.02. The molecule has 0 radical (unpaired) electrons. The van der Waals surface area contributed by atoms with Crippen LogP contribution in [-0.2, 0) is 10.6 Å². The summed E-state index contributed by atoms with van der Waals surface area (Å²) in [5, 5.41) is 23.7. The van der Waals surface area contributed by atoms with Gasteiger partial charge in [0.2, 0.25) is 5.72 Å². The van der Waals surface area contributed by atoms with Crippen molar-refractivity contribution in [1.29, 1.82) is 5.26 Å². The molecule has 0 saturated heterocycles. The van der Waals surface area contributed by atoms with E-state index in [0.29, 0.717) is 12.1 Å². The number of nitrogens with zero attached hydrogens (tertiary/aromatic N) is 5. The zero-order valence-corrected chi connectivity index (χ0v) is 20.2. The molecule has 3 aromatic rings. The summed E-state index contributed by atoms with van der Waals surface area (Å²) in [6, 6.07) is 15.2. The van der Waals surface area contributed by atoms with Crippen LogP contribution in [-0.4, -0.2) is 53.1 Å². The third kappa shape index (κ3) is 5.11. The Bertz CT molecular complexity index is 1270. The van der Waals surface area contributed by atoms with Crippen LogP contribution in [0.1, 0.15) is 35.2 Å². The van der Waals surface area contributed by atoms with Crippen molar-refractivity contribution in [3.63, 3.8) is 0 Å². The quantitative estimate of drug-likeness (QED) is 0.604. The molecular formula is C27H29N5O3. The normalized spacial score (nSPS) is 20.8. The summed E-state index contributed by atoms with van der Waals surface area (Å²) >= 11 is 0. The molecule has 0 bridgehead atoms. The minimum absolute atomic E-state index is 0.280. The number of rotatable bonds is 5. The van der Waals surface area contributed by atoms with Crippen molar-refractivity contribution in [2.75, 3.05) is 27.3 Å². The van der Waals surface area contributed by atoms with Crippen LogP contribution in [0.15, 0.2) is 65.7 Å². The number of hydrogen-bond donors (Lipinski definition) is 1. The van der Waals surface area contributed by atoms with E-state index in [1.807, 2.05) is 47.8 Å². The molecule has 0 saturated carbocycles. The number of benzene rings is 2. The molecule has 1 aliphatic heterocycles. The maximum Gasteiger partial charge on any atom is 0.239 e. The number of aromatic nitrogens is 2. The highest BCUT2D eigenvalue weighted by Crippen LogP contribution is 2.31. The van der Waals surface area contributed by atoms with E-state index in [2.05, 4.69) is 22.3 Å². The van der Waals surface area contributed by atoms with Crippen molar-refractivity contribution >= 4 is 12.3 Å². The highest BCUT2D eigenvalue weighted by Gasteiger charge is 2.39. The zero-order chi connectivity index (χ0) is 24.8. The van der Waals surface area contributed by atoms with Gasteiger partial charge in [-0.3, -0.25) is 4.90 Å². The van der Waals surface area contributed by atoms with E-state index in [1.54, 1.807) is 43.9 Å². The number of hydrogen-bond acceptors (Lipinski definition) is 7. The van der Waals surface area contributed by atoms with Crippen LogP contribution in [0.3, 0.4) is 0 Å². The molecule has 8 heteroatoms. The Morgan fingerprint density at radius 2 is 2.06 bits per heavy atom. The minimum Gasteiger partial charge on any atom is -0.495 e. The fraction of sp³-hybridized carbons (Fsp3) is 0.296. The van der Waals surface area contributed by atoms with Crippen molar-refractivity contribution in [3.05, 3.63) is 82.9 Å². The van der Waals surface area contributed by atoms with Crippen LogP contribution in [0.2, 0.25) is 0 Å². The Kier molecular flexibility index (Phi) is 7.30. The lowest BCUT2D eigenvalue weighted by atomic mass is 10.00. The van der Waals surface area contributed by atoms with Crippen LogP contribution in [0.25, 0.3) is 11.8 Å².